The summed E-state index contributed by atoms with van der Waals surface area (Å²) in [5.41, 5.74) is 0. The third-order valence-electron chi connectivity index (χ3n) is 4.14. The van der Waals surface area contributed by atoms with Crippen LogP contribution in [0.15, 0.2) is 4.99 Å². The average Bonchev–Trinajstić information content (AvgIpc) is 2.99. The molecule has 2 heterocycles. The molecule has 1 spiro atoms. The molecule has 2 N–H and O–H groups in total. The van der Waals surface area contributed by atoms with Gasteiger partial charge in [-0.1, -0.05) is 0 Å². The molecule has 2 saturated heterocycles. The van der Waals surface area contributed by atoms with Crippen molar-refractivity contribution in [3.8, 4) is 0 Å². The first-order chi connectivity index (χ1) is 12.0. The number of likely N-dealkylation sites (N-methyl/N-ethyl adjacent to an activating group) is 1. The lowest BCUT2D eigenvalue weighted by Crippen LogP contribution is -2.44. The van der Waals surface area contributed by atoms with Crippen LogP contribution in [-0.4, -0.2) is 95.9 Å². The van der Waals surface area contributed by atoms with E-state index < -0.39 is 5.79 Å². The Morgan fingerprint density at radius 3 is 2.76 bits per heavy atom. The minimum Gasteiger partial charge on any atom is -0.383 e. The zero-order chi connectivity index (χ0) is 18.1. The van der Waals surface area contributed by atoms with Crippen LogP contribution in [0.4, 0.5) is 0 Å². The summed E-state index contributed by atoms with van der Waals surface area (Å²) < 4.78 is 22.4. The number of ether oxygens (including phenoxy) is 4. The van der Waals surface area contributed by atoms with E-state index >= 15 is 0 Å². The number of hydrogen-bond acceptors (Lipinski definition) is 6. The van der Waals surface area contributed by atoms with Crippen LogP contribution in [0.2, 0.25) is 0 Å². The van der Waals surface area contributed by atoms with Gasteiger partial charge in [0.05, 0.1) is 26.4 Å². The van der Waals surface area contributed by atoms with Gasteiger partial charge in [0.25, 0.3) is 0 Å². The van der Waals surface area contributed by atoms with Gasteiger partial charge in [0.2, 0.25) is 5.91 Å². The molecule has 2 aliphatic rings. The molecule has 2 aliphatic heterocycles. The van der Waals surface area contributed by atoms with E-state index in [1.54, 1.807) is 21.2 Å². The van der Waals surface area contributed by atoms with E-state index in [1.807, 2.05) is 0 Å². The Labute approximate surface area is 149 Å². The molecule has 1 atom stereocenters. The van der Waals surface area contributed by atoms with Gasteiger partial charge in [-0.2, -0.15) is 0 Å². The number of nitrogens with zero attached hydrogens (tertiary/aromatic N) is 2. The zero-order valence-corrected chi connectivity index (χ0v) is 15.4. The van der Waals surface area contributed by atoms with Crippen LogP contribution in [0.5, 0.6) is 0 Å². The standard InChI is InChI=1S/C16H30N4O5/c1-20(2)14(21)11-19-15(17-6-9-22-3)18-10-13-12-24-16(25-13)4-7-23-8-5-16/h13H,4-12H2,1-3H3,(H2,17,18,19). The van der Waals surface area contributed by atoms with Crippen molar-refractivity contribution in [1.29, 1.82) is 0 Å². The summed E-state index contributed by atoms with van der Waals surface area (Å²) in [6.07, 6.45) is 1.46. The molecule has 2 rings (SSSR count). The number of hydrogen-bond donors (Lipinski definition) is 2. The Bertz CT molecular complexity index is 452. The summed E-state index contributed by atoms with van der Waals surface area (Å²) in [6, 6.07) is 0. The van der Waals surface area contributed by atoms with Crippen molar-refractivity contribution in [2.75, 3.05) is 67.3 Å². The molecule has 9 nitrogen and oxygen atoms in total. The molecule has 2 fully saturated rings. The zero-order valence-electron chi connectivity index (χ0n) is 15.4. The number of aliphatic imine (C=N–C) groups is 1. The highest BCUT2D eigenvalue weighted by atomic mass is 16.7. The fraction of sp³-hybridized carbons (Fsp3) is 0.875. The monoisotopic (exact) mass is 358 g/mol. The predicted octanol–water partition coefficient (Wildman–Crippen LogP) is -0.822. The van der Waals surface area contributed by atoms with Crippen molar-refractivity contribution in [3.05, 3.63) is 0 Å². The number of carbonyl (C=O) groups excluding carboxylic acids is 1. The molecular formula is C16H30N4O5. The molecule has 0 saturated carbocycles. The average molecular weight is 358 g/mol. The molecule has 0 aromatic carbocycles. The van der Waals surface area contributed by atoms with Gasteiger partial charge in [0.1, 0.15) is 12.6 Å². The summed E-state index contributed by atoms with van der Waals surface area (Å²) in [7, 11) is 5.05. The molecular weight excluding hydrogens is 328 g/mol. The van der Waals surface area contributed by atoms with Crippen LogP contribution in [0.1, 0.15) is 12.8 Å². The number of carbonyl (C=O) groups is 1. The van der Waals surface area contributed by atoms with Crippen LogP contribution in [0, 0.1) is 0 Å². The lowest BCUT2D eigenvalue weighted by atomic mass is 10.1. The molecule has 0 aromatic rings. The number of rotatable bonds is 7. The molecule has 144 valence electrons. The normalized spacial score (nSPS) is 22.8. The maximum Gasteiger partial charge on any atom is 0.243 e. The van der Waals surface area contributed by atoms with E-state index in [-0.39, 0.29) is 18.6 Å². The Balaban J connectivity index is 1.81. The Kier molecular flexibility index (Phi) is 7.89. The highest BCUT2D eigenvalue weighted by Crippen LogP contribution is 2.32. The first kappa shape index (κ1) is 19.9. The van der Waals surface area contributed by atoms with Crippen LogP contribution >= 0.6 is 0 Å². The van der Waals surface area contributed by atoms with Gasteiger partial charge >= 0.3 is 0 Å². The van der Waals surface area contributed by atoms with E-state index in [4.69, 9.17) is 18.9 Å². The molecule has 9 heteroatoms. The Morgan fingerprint density at radius 1 is 1.32 bits per heavy atom. The van der Waals surface area contributed by atoms with Gasteiger partial charge in [0, 0.05) is 47.1 Å². The van der Waals surface area contributed by atoms with Gasteiger partial charge in [-0.25, -0.2) is 4.99 Å². The van der Waals surface area contributed by atoms with E-state index in [0.29, 0.717) is 45.5 Å². The maximum atomic E-state index is 11.7. The second-order valence-electron chi connectivity index (χ2n) is 6.33. The Morgan fingerprint density at radius 2 is 2.08 bits per heavy atom. The predicted molar refractivity (Wildman–Crippen MR) is 92.5 cm³/mol. The first-order valence-electron chi connectivity index (χ1n) is 8.65. The van der Waals surface area contributed by atoms with Crippen LogP contribution in [-0.2, 0) is 23.7 Å². The van der Waals surface area contributed by atoms with Crippen LogP contribution in [0.25, 0.3) is 0 Å². The minimum absolute atomic E-state index is 0.0583. The minimum atomic E-state index is -0.494. The lowest BCUT2D eigenvalue weighted by Gasteiger charge is -2.31. The summed E-state index contributed by atoms with van der Waals surface area (Å²) in [6.45, 7) is 3.65. The molecule has 0 bridgehead atoms. The maximum absolute atomic E-state index is 11.7. The lowest BCUT2D eigenvalue weighted by molar-refractivity contribution is -0.210. The van der Waals surface area contributed by atoms with Crippen LogP contribution < -0.4 is 10.6 Å². The van der Waals surface area contributed by atoms with Gasteiger partial charge in [0.15, 0.2) is 11.7 Å². The van der Waals surface area contributed by atoms with Crippen molar-refractivity contribution in [2.24, 2.45) is 4.99 Å². The molecule has 0 aliphatic carbocycles. The second-order valence-corrected chi connectivity index (χ2v) is 6.33. The Hall–Kier alpha value is -1.42. The number of amides is 1. The highest BCUT2D eigenvalue weighted by molar-refractivity contribution is 5.84. The smallest absolute Gasteiger partial charge is 0.243 e. The van der Waals surface area contributed by atoms with E-state index in [2.05, 4.69) is 15.6 Å². The molecule has 1 amide bonds. The molecule has 0 aromatic heterocycles. The summed E-state index contributed by atoms with van der Waals surface area (Å²) >= 11 is 0. The summed E-state index contributed by atoms with van der Waals surface area (Å²) in [5, 5.41) is 6.35. The van der Waals surface area contributed by atoms with Gasteiger partial charge in [-0.15, -0.1) is 0 Å². The van der Waals surface area contributed by atoms with Gasteiger partial charge in [-0.05, 0) is 0 Å². The SMILES string of the molecule is COCCNC(=NCC(=O)N(C)C)NCC1COC2(CCOCC2)O1. The molecule has 25 heavy (non-hydrogen) atoms. The fourth-order valence-electron chi connectivity index (χ4n) is 2.61. The highest BCUT2D eigenvalue weighted by Gasteiger charge is 2.42. The first-order valence-corrected chi connectivity index (χ1v) is 8.65. The quantitative estimate of drug-likeness (QED) is 0.349. The number of methoxy groups -OCH3 is 1. The van der Waals surface area contributed by atoms with E-state index in [1.165, 1.54) is 4.90 Å². The second kappa shape index (κ2) is 9.91. The fourth-order valence-corrected chi connectivity index (χ4v) is 2.61. The summed E-state index contributed by atoms with van der Waals surface area (Å²) in [4.78, 5) is 17.5. The largest absolute Gasteiger partial charge is 0.383 e. The third kappa shape index (κ3) is 6.43. The molecule has 1 unspecified atom stereocenters. The van der Waals surface area contributed by atoms with E-state index in [0.717, 1.165) is 12.8 Å². The third-order valence-corrected chi connectivity index (χ3v) is 4.14. The molecule has 0 radical (unpaired) electrons. The van der Waals surface area contributed by atoms with Gasteiger partial charge < -0.3 is 34.5 Å². The van der Waals surface area contributed by atoms with Crippen LogP contribution in [0.3, 0.4) is 0 Å². The van der Waals surface area contributed by atoms with Crippen molar-refractivity contribution in [3.63, 3.8) is 0 Å². The summed E-state index contributed by atoms with van der Waals surface area (Å²) in [5.74, 6) is 0.00458. The topological polar surface area (TPSA) is 93.7 Å². The number of nitrogens with one attached hydrogen (secondary N) is 2. The number of guanidine groups is 1. The van der Waals surface area contributed by atoms with Gasteiger partial charge in [-0.3, -0.25) is 4.79 Å². The van der Waals surface area contributed by atoms with E-state index in [9.17, 15) is 4.79 Å². The van der Waals surface area contributed by atoms with Crippen molar-refractivity contribution >= 4 is 11.9 Å². The van der Waals surface area contributed by atoms with Crippen molar-refractivity contribution < 1.29 is 23.7 Å². The van der Waals surface area contributed by atoms with Crippen molar-refractivity contribution in [1.82, 2.24) is 15.5 Å². The van der Waals surface area contributed by atoms with Crippen molar-refractivity contribution in [2.45, 2.75) is 24.7 Å².